The summed E-state index contributed by atoms with van der Waals surface area (Å²) in [6.45, 7) is 15.4. The summed E-state index contributed by atoms with van der Waals surface area (Å²) in [5.74, 6) is 0.521. The number of ketones is 1. The van der Waals surface area contributed by atoms with E-state index in [9.17, 15) is 9.90 Å². The fourth-order valence-corrected chi connectivity index (χ4v) is 7.13. The fourth-order valence-electron chi connectivity index (χ4n) is 2.78. The number of carbonyl (C=O) groups is 1. The zero-order valence-corrected chi connectivity index (χ0v) is 19.3. The van der Waals surface area contributed by atoms with Crippen LogP contribution in [0, 0.1) is 0 Å². The van der Waals surface area contributed by atoms with Gasteiger partial charge in [0.2, 0.25) is 0 Å². The van der Waals surface area contributed by atoms with Gasteiger partial charge in [0.15, 0.2) is 5.78 Å². The molecule has 0 amide bonds. The number of hydrogen-bond donors (Lipinski definition) is 1. The van der Waals surface area contributed by atoms with Gasteiger partial charge in [-0.05, 0) is 17.4 Å². The van der Waals surface area contributed by atoms with Crippen LogP contribution in [-0.2, 0) is 0 Å². The number of phenolic OH excluding ortho intramolecular Hbond substituents is 1. The number of Topliss-reactive ketones (excluding diaryl/α,β-unsaturated/α-hetero) is 1. The molecule has 2 rings (SSSR count). The highest BCUT2D eigenvalue weighted by atomic mass is 31.1. The minimum atomic E-state index is -1.66. The zero-order chi connectivity index (χ0) is 19.0. The van der Waals surface area contributed by atoms with Crippen LogP contribution in [0.5, 0.6) is 5.75 Å². The molecule has 2 nitrogen and oxygen atoms in total. The standard InChI is InChI=1S/C20H29O2PSi2/c1-14(21)16-10-8-9-11-17(16)23-18-12-15(24(2,3)4)13-19(20(18)22)25(5,6)7/h8-13,22-23H,1-7H3. The van der Waals surface area contributed by atoms with Crippen molar-refractivity contribution in [1.29, 1.82) is 0 Å². The molecular formula is C20H29O2PSi2. The van der Waals surface area contributed by atoms with E-state index in [1.807, 2.05) is 24.3 Å². The Hall–Kier alpha value is -1.23. The van der Waals surface area contributed by atoms with Gasteiger partial charge < -0.3 is 5.11 Å². The minimum absolute atomic E-state index is 0.0781. The maximum atomic E-state index is 11.9. The van der Waals surface area contributed by atoms with Gasteiger partial charge in [-0.1, -0.05) is 89.4 Å². The van der Waals surface area contributed by atoms with E-state index in [0.29, 0.717) is 14.3 Å². The van der Waals surface area contributed by atoms with Gasteiger partial charge in [0.05, 0.1) is 16.1 Å². The Balaban J connectivity index is 2.64. The van der Waals surface area contributed by atoms with Crippen LogP contribution in [-0.4, -0.2) is 27.0 Å². The SMILES string of the molecule is CC(=O)c1ccccc1Pc1cc([Si](C)(C)C)cc([Si](C)(C)C)c1O. The highest BCUT2D eigenvalue weighted by Crippen LogP contribution is 2.22. The number of benzene rings is 2. The van der Waals surface area contributed by atoms with E-state index in [1.165, 1.54) is 5.19 Å². The van der Waals surface area contributed by atoms with Crippen LogP contribution in [0.25, 0.3) is 0 Å². The van der Waals surface area contributed by atoms with Crippen molar-refractivity contribution in [3.8, 4) is 5.75 Å². The van der Waals surface area contributed by atoms with Crippen molar-refractivity contribution >= 4 is 51.5 Å². The second-order valence-electron chi connectivity index (χ2n) is 8.65. The summed E-state index contributed by atoms with van der Waals surface area (Å²) in [5, 5.41) is 15.5. The smallest absolute Gasteiger partial charge is 0.160 e. The van der Waals surface area contributed by atoms with Crippen molar-refractivity contribution in [3.05, 3.63) is 42.0 Å². The van der Waals surface area contributed by atoms with E-state index < -0.39 is 16.1 Å². The van der Waals surface area contributed by atoms with Crippen molar-refractivity contribution in [1.82, 2.24) is 0 Å². The average Bonchev–Trinajstić information content (AvgIpc) is 2.47. The van der Waals surface area contributed by atoms with E-state index in [0.717, 1.165) is 21.4 Å². The molecule has 2 aromatic carbocycles. The number of aromatic hydroxyl groups is 1. The third-order valence-electron chi connectivity index (χ3n) is 4.36. The Kier molecular flexibility index (Phi) is 5.77. The van der Waals surface area contributed by atoms with Crippen molar-refractivity contribution in [3.63, 3.8) is 0 Å². The largest absolute Gasteiger partial charge is 0.507 e. The van der Waals surface area contributed by atoms with Crippen LogP contribution < -0.4 is 21.0 Å². The molecule has 1 atom stereocenters. The van der Waals surface area contributed by atoms with Gasteiger partial charge >= 0.3 is 0 Å². The summed E-state index contributed by atoms with van der Waals surface area (Å²) in [4.78, 5) is 11.9. The molecule has 5 heteroatoms. The van der Waals surface area contributed by atoms with Crippen LogP contribution in [0.1, 0.15) is 17.3 Å². The number of carbonyl (C=O) groups excluding carboxylic acids is 1. The molecule has 2 aromatic rings. The van der Waals surface area contributed by atoms with Crippen molar-refractivity contribution in [2.45, 2.75) is 46.2 Å². The number of phenols is 1. The molecule has 0 fully saturated rings. The highest BCUT2D eigenvalue weighted by Gasteiger charge is 2.27. The second kappa shape index (κ2) is 7.18. The van der Waals surface area contributed by atoms with Crippen LogP contribution in [0.4, 0.5) is 0 Å². The lowest BCUT2D eigenvalue weighted by Crippen LogP contribution is -2.47. The highest BCUT2D eigenvalue weighted by molar-refractivity contribution is 7.56. The lowest BCUT2D eigenvalue weighted by atomic mass is 10.1. The van der Waals surface area contributed by atoms with E-state index in [1.54, 1.807) is 6.92 Å². The zero-order valence-electron chi connectivity index (χ0n) is 16.3. The first-order valence-corrected chi connectivity index (χ1v) is 16.7. The van der Waals surface area contributed by atoms with Crippen LogP contribution in [0.3, 0.4) is 0 Å². The van der Waals surface area contributed by atoms with Gasteiger partial charge in [-0.15, -0.1) is 0 Å². The summed E-state index contributed by atoms with van der Waals surface area (Å²) in [6.07, 6.45) is 0. The van der Waals surface area contributed by atoms with E-state index >= 15 is 0 Å². The molecule has 0 spiro atoms. The molecule has 0 aliphatic heterocycles. The maximum Gasteiger partial charge on any atom is 0.160 e. The van der Waals surface area contributed by atoms with E-state index in [-0.39, 0.29) is 5.78 Å². The van der Waals surface area contributed by atoms with Gasteiger partial charge in [0, 0.05) is 10.9 Å². The summed E-state index contributed by atoms with van der Waals surface area (Å²) in [7, 11) is -2.87. The predicted molar refractivity (Wildman–Crippen MR) is 118 cm³/mol. The molecule has 0 aliphatic rings. The van der Waals surface area contributed by atoms with Crippen molar-refractivity contribution < 1.29 is 9.90 Å². The normalized spacial score (nSPS) is 12.8. The Morgan fingerprint density at radius 2 is 1.52 bits per heavy atom. The van der Waals surface area contributed by atoms with E-state index in [4.69, 9.17) is 0 Å². The fraction of sp³-hybridized carbons (Fsp3) is 0.350. The first-order valence-electron chi connectivity index (χ1n) is 8.66. The van der Waals surface area contributed by atoms with Crippen LogP contribution in [0.15, 0.2) is 36.4 Å². The molecule has 0 aliphatic carbocycles. The molecular weight excluding hydrogens is 359 g/mol. The van der Waals surface area contributed by atoms with Gasteiger partial charge in [-0.2, -0.15) is 0 Å². The molecule has 0 heterocycles. The van der Waals surface area contributed by atoms with Crippen LogP contribution in [0.2, 0.25) is 39.3 Å². The summed E-state index contributed by atoms with van der Waals surface area (Å²) < 4.78 is 0. The predicted octanol–water partition coefficient (Wildman–Crippen LogP) is 3.31. The molecule has 0 bridgehead atoms. The number of hydrogen-bond acceptors (Lipinski definition) is 2. The van der Waals surface area contributed by atoms with Gasteiger partial charge in [-0.3, -0.25) is 4.79 Å². The lowest BCUT2D eigenvalue weighted by molar-refractivity contribution is 0.101. The molecule has 0 saturated carbocycles. The molecule has 1 unspecified atom stereocenters. The maximum absolute atomic E-state index is 11.9. The number of rotatable bonds is 5. The first kappa shape index (κ1) is 20.1. The first-order chi connectivity index (χ1) is 11.4. The minimum Gasteiger partial charge on any atom is -0.507 e. The molecule has 25 heavy (non-hydrogen) atoms. The monoisotopic (exact) mass is 388 g/mol. The van der Waals surface area contributed by atoms with E-state index in [2.05, 4.69) is 51.4 Å². The van der Waals surface area contributed by atoms with Crippen LogP contribution >= 0.6 is 8.58 Å². The molecule has 0 aromatic heterocycles. The second-order valence-corrected chi connectivity index (χ2v) is 20.1. The molecule has 0 radical (unpaired) electrons. The molecule has 134 valence electrons. The van der Waals surface area contributed by atoms with Gasteiger partial charge in [0.1, 0.15) is 5.75 Å². The molecule has 1 N–H and O–H groups in total. The Morgan fingerprint density at radius 1 is 0.920 bits per heavy atom. The Labute approximate surface area is 155 Å². The van der Waals surface area contributed by atoms with Gasteiger partial charge in [-0.25, -0.2) is 0 Å². The summed E-state index contributed by atoms with van der Waals surface area (Å²) in [6, 6.07) is 12.2. The third-order valence-corrected chi connectivity index (χ3v) is 9.73. The Bertz CT molecular complexity index is 802. The lowest BCUT2D eigenvalue weighted by Gasteiger charge is -2.26. The third kappa shape index (κ3) is 4.69. The topological polar surface area (TPSA) is 37.3 Å². The quantitative estimate of drug-likeness (QED) is 0.485. The molecule has 0 saturated heterocycles. The Morgan fingerprint density at radius 3 is 2.04 bits per heavy atom. The van der Waals surface area contributed by atoms with Crippen molar-refractivity contribution in [2.24, 2.45) is 0 Å². The summed E-state index contributed by atoms with van der Waals surface area (Å²) >= 11 is 0. The van der Waals surface area contributed by atoms with Gasteiger partial charge in [0.25, 0.3) is 0 Å². The summed E-state index contributed by atoms with van der Waals surface area (Å²) in [5.41, 5.74) is 0.758. The van der Waals surface area contributed by atoms with Crippen molar-refractivity contribution in [2.75, 3.05) is 0 Å². The average molecular weight is 389 g/mol.